The fraction of sp³-hybridized carbons (Fsp3) is 0.214. The summed E-state index contributed by atoms with van der Waals surface area (Å²) in [5, 5.41) is 0. The first-order valence-electron chi connectivity index (χ1n) is 5.76. The van der Waals surface area contributed by atoms with Crippen LogP contribution in [0.15, 0.2) is 36.4 Å². The molecule has 2 aromatic rings. The third kappa shape index (κ3) is 2.54. The zero-order valence-electron chi connectivity index (χ0n) is 10.9. The number of carbonyl (C=O) groups is 1. The normalized spacial score (nSPS) is 11.4. The van der Waals surface area contributed by atoms with Crippen LogP contribution in [0.1, 0.15) is 16.1 Å². The van der Waals surface area contributed by atoms with Gasteiger partial charge in [-0.1, -0.05) is 12.1 Å². The lowest BCUT2D eigenvalue weighted by Gasteiger charge is -2.10. The molecule has 6 heteroatoms. The number of ether oxygens (including phenoxy) is 1. The van der Waals surface area contributed by atoms with E-state index in [2.05, 4.69) is 4.74 Å². The average molecular weight is 283 g/mol. The van der Waals surface area contributed by atoms with E-state index in [0.29, 0.717) is 11.3 Å². The Labute approximate surface area is 113 Å². The summed E-state index contributed by atoms with van der Waals surface area (Å²) < 4.78 is 44.2. The number of methoxy groups -OCH3 is 1. The number of rotatable bonds is 2. The van der Waals surface area contributed by atoms with Gasteiger partial charge >= 0.3 is 12.1 Å². The lowest BCUT2D eigenvalue weighted by molar-refractivity contribution is -0.137. The highest BCUT2D eigenvalue weighted by Gasteiger charge is 2.30. The molecular weight excluding hydrogens is 271 g/mol. The van der Waals surface area contributed by atoms with Gasteiger partial charge in [0, 0.05) is 12.7 Å². The Hall–Kier alpha value is -2.24. The van der Waals surface area contributed by atoms with Crippen molar-refractivity contribution < 1.29 is 22.7 Å². The molecule has 0 N–H and O–H groups in total. The van der Waals surface area contributed by atoms with Crippen molar-refractivity contribution in [1.29, 1.82) is 0 Å². The summed E-state index contributed by atoms with van der Waals surface area (Å²) in [6.45, 7) is 0. The van der Waals surface area contributed by atoms with Gasteiger partial charge < -0.3 is 9.30 Å². The molecule has 1 aromatic carbocycles. The van der Waals surface area contributed by atoms with Crippen LogP contribution < -0.4 is 0 Å². The minimum absolute atomic E-state index is 0.278. The minimum atomic E-state index is -4.40. The Balaban J connectivity index is 2.48. The highest BCUT2D eigenvalue weighted by molar-refractivity contribution is 5.89. The lowest BCUT2D eigenvalue weighted by Crippen LogP contribution is -2.08. The first kappa shape index (κ1) is 14.2. The van der Waals surface area contributed by atoms with Gasteiger partial charge in [0.15, 0.2) is 0 Å². The predicted octanol–water partition coefficient (Wildman–Crippen LogP) is 3.50. The Morgan fingerprint density at radius 3 is 2.50 bits per heavy atom. The number of nitrogens with zero attached hydrogens (tertiary/aromatic N) is 1. The van der Waals surface area contributed by atoms with E-state index >= 15 is 0 Å². The van der Waals surface area contributed by atoms with E-state index in [9.17, 15) is 18.0 Å². The second-order valence-corrected chi connectivity index (χ2v) is 4.23. The molecule has 0 atom stereocenters. The van der Waals surface area contributed by atoms with Crippen LogP contribution in [0.25, 0.3) is 11.3 Å². The van der Waals surface area contributed by atoms with E-state index in [0.717, 1.165) is 12.1 Å². The summed E-state index contributed by atoms with van der Waals surface area (Å²) in [6.07, 6.45) is -4.40. The SMILES string of the molecule is COC(=O)c1ccc(-c2cccc(C(F)(F)F)c2)n1C. The van der Waals surface area contributed by atoms with Crippen molar-refractivity contribution in [1.82, 2.24) is 4.57 Å². The molecule has 1 heterocycles. The van der Waals surface area contributed by atoms with Gasteiger partial charge in [0.25, 0.3) is 0 Å². The van der Waals surface area contributed by atoms with Crippen molar-refractivity contribution in [3.63, 3.8) is 0 Å². The third-order valence-corrected chi connectivity index (χ3v) is 3.00. The van der Waals surface area contributed by atoms with Gasteiger partial charge in [0.2, 0.25) is 0 Å². The first-order valence-corrected chi connectivity index (χ1v) is 5.76. The van der Waals surface area contributed by atoms with Gasteiger partial charge in [-0.15, -0.1) is 0 Å². The molecule has 0 aliphatic rings. The van der Waals surface area contributed by atoms with Crippen LogP contribution in [-0.4, -0.2) is 17.6 Å². The van der Waals surface area contributed by atoms with Crippen LogP contribution in [0.3, 0.4) is 0 Å². The molecule has 0 radical (unpaired) electrons. The number of esters is 1. The van der Waals surface area contributed by atoms with Crippen LogP contribution in [0.4, 0.5) is 13.2 Å². The third-order valence-electron chi connectivity index (χ3n) is 3.00. The molecule has 0 amide bonds. The van der Waals surface area contributed by atoms with E-state index in [1.165, 1.54) is 23.8 Å². The monoisotopic (exact) mass is 283 g/mol. The average Bonchev–Trinajstić information content (AvgIpc) is 2.79. The Kier molecular flexibility index (Phi) is 3.57. The fourth-order valence-corrected chi connectivity index (χ4v) is 1.97. The maximum atomic E-state index is 12.7. The van der Waals surface area contributed by atoms with E-state index in [1.807, 2.05) is 0 Å². The highest BCUT2D eigenvalue weighted by atomic mass is 19.4. The number of benzene rings is 1. The molecule has 0 saturated heterocycles. The molecule has 3 nitrogen and oxygen atoms in total. The zero-order chi connectivity index (χ0) is 14.9. The Morgan fingerprint density at radius 2 is 1.90 bits per heavy atom. The first-order chi connectivity index (χ1) is 9.34. The van der Waals surface area contributed by atoms with Crippen LogP contribution in [0, 0.1) is 0 Å². The van der Waals surface area contributed by atoms with Crippen molar-refractivity contribution in [2.24, 2.45) is 7.05 Å². The van der Waals surface area contributed by atoms with Gasteiger partial charge in [-0.3, -0.25) is 0 Å². The Morgan fingerprint density at radius 1 is 1.20 bits per heavy atom. The van der Waals surface area contributed by atoms with Crippen molar-refractivity contribution >= 4 is 5.97 Å². The molecular formula is C14H12F3NO2. The number of alkyl halides is 3. The second-order valence-electron chi connectivity index (χ2n) is 4.23. The minimum Gasteiger partial charge on any atom is -0.464 e. The quantitative estimate of drug-likeness (QED) is 0.790. The van der Waals surface area contributed by atoms with Crippen LogP contribution in [0.5, 0.6) is 0 Å². The number of hydrogen-bond donors (Lipinski definition) is 0. The zero-order valence-corrected chi connectivity index (χ0v) is 10.9. The molecule has 0 fully saturated rings. The number of halogens is 3. The molecule has 20 heavy (non-hydrogen) atoms. The number of carbonyl (C=O) groups excluding carboxylic acids is 1. The molecule has 0 spiro atoms. The topological polar surface area (TPSA) is 31.2 Å². The van der Waals surface area contributed by atoms with Gasteiger partial charge in [-0.2, -0.15) is 13.2 Å². The Bertz CT molecular complexity index is 644. The summed E-state index contributed by atoms with van der Waals surface area (Å²) in [6, 6.07) is 8.06. The molecule has 1 aromatic heterocycles. The van der Waals surface area contributed by atoms with Crippen molar-refractivity contribution in [2.45, 2.75) is 6.18 Å². The second kappa shape index (κ2) is 5.03. The highest BCUT2D eigenvalue weighted by Crippen LogP contribution is 2.32. The smallest absolute Gasteiger partial charge is 0.416 e. The van der Waals surface area contributed by atoms with Crippen molar-refractivity contribution in [2.75, 3.05) is 7.11 Å². The molecule has 0 unspecified atom stereocenters. The van der Waals surface area contributed by atoms with Crippen LogP contribution in [0.2, 0.25) is 0 Å². The summed E-state index contributed by atoms with van der Waals surface area (Å²) in [5.41, 5.74) is 0.449. The molecule has 106 valence electrons. The summed E-state index contributed by atoms with van der Waals surface area (Å²) >= 11 is 0. The summed E-state index contributed by atoms with van der Waals surface area (Å²) in [7, 11) is 2.85. The standard InChI is InChI=1S/C14H12F3NO2/c1-18-11(6-7-12(18)13(19)20-2)9-4-3-5-10(8-9)14(15,16)17/h3-8H,1-2H3. The van der Waals surface area contributed by atoms with Gasteiger partial charge in [0.05, 0.1) is 12.7 Å². The van der Waals surface area contributed by atoms with Gasteiger partial charge in [-0.05, 0) is 29.8 Å². The lowest BCUT2D eigenvalue weighted by atomic mass is 10.1. The number of aromatic nitrogens is 1. The van der Waals surface area contributed by atoms with E-state index in [1.54, 1.807) is 19.2 Å². The largest absolute Gasteiger partial charge is 0.464 e. The van der Waals surface area contributed by atoms with Crippen LogP contribution in [-0.2, 0) is 18.0 Å². The van der Waals surface area contributed by atoms with E-state index in [4.69, 9.17) is 0 Å². The van der Waals surface area contributed by atoms with Crippen LogP contribution >= 0.6 is 0 Å². The van der Waals surface area contributed by atoms with Gasteiger partial charge in [0.1, 0.15) is 5.69 Å². The van der Waals surface area contributed by atoms with Crippen molar-refractivity contribution in [3.8, 4) is 11.3 Å². The molecule has 2 rings (SSSR count). The molecule has 0 aliphatic carbocycles. The molecule has 0 saturated carbocycles. The predicted molar refractivity (Wildman–Crippen MR) is 67.2 cm³/mol. The number of hydrogen-bond acceptors (Lipinski definition) is 2. The molecule has 0 bridgehead atoms. The van der Waals surface area contributed by atoms with Gasteiger partial charge in [-0.25, -0.2) is 4.79 Å². The van der Waals surface area contributed by atoms with Crippen molar-refractivity contribution in [3.05, 3.63) is 47.7 Å². The molecule has 0 aliphatic heterocycles. The fourth-order valence-electron chi connectivity index (χ4n) is 1.97. The van der Waals surface area contributed by atoms with E-state index in [-0.39, 0.29) is 5.69 Å². The summed E-state index contributed by atoms with van der Waals surface area (Å²) in [5.74, 6) is -0.536. The summed E-state index contributed by atoms with van der Waals surface area (Å²) in [4.78, 5) is 11.5. The maximum absolute atomic E-state index is 12.7. The van der Waals surface area contributed by atoms with E-state index < -0.39 is 17.7 Å². The maximum Gasteiger partial charge on any atom is 0.416 e.